The van der Waals surface area contributed by atoms with Gasteiger partial charge >= 0.3 is 0 Å². The lowest BCUT2D eigenvalue weighted by Crippen LogP contribution is -1.77. The molecule has 0 atom stereocenters. The summed E-state index contributed by atoms with van der Waals surface area (Å²) in [6.07, 6.45) is 9.65. The van der Waals surface area contributed by atoms with E-state index in [1.165, 1.54) is 5.56 Å². The van der Waals surface area contributed by atoms with E-state index < -0.39 is 0 Å². The Bertz CT molecular complexity index is 366. The molecular formula is C13H10. The highest BCUT2D eigenvalue weighted by Crippen LogP contribution is 1.99. The van der Waals surface area contributed by atoms with Crippen LogP contribution in [-0.2, 0) is 6.42 Å². The molecule has 1 aromatic rings. The topological polar surface area (TPSA) is 0 Å². The van der Waals surface area contributed by atoms with Crippen molar-refractivity contribution >= 4 is 0 Å². The first kappa shape index (κ1) is 9.17. The molecule has 62 valence electrons. The van der Waals surface area contributed by atoms with Gasteiger partial charge in [0.1, 0.15) is 0 Å². The summed E-state index contributed by atoms with van der Waals surface area (Å²) in [5.41, 5.74) is 1.28. The highest BCUT2D eigenvalue weighted by Gasteiger charge is 1.83. The summed E-state index contributed by atoms with van der Waals surface area (Å²) in [6.45, 7) is 0. The van der Waals surface area contributed by atoms with Crippen LogP contribution in [0.3, 0.4) is 0 Å². The summed E-state index contributed by atoms with van der Waals surface area (Å²) in [6, 6.07) is 10.2. The van der Waals surface area contributed by atoms with Crippen LogP contribution in [-0.4, -0.2) is 0 Å². The smallest absolute Gasteiger partial charge is 0.00880 e. The summed E-state index contributed by atoms with van der Waals surface area (Å²) < 4.78 is 0. The third-order valence-corrected chi connectivity index (χ3v) is 1.54. The molecule has 0 bridgehead atoms. The summed E-state index contributed by atoms with van der Waals surface area (Å²) in [5.74, 6) is 7.52. The average Bonchev–Trinajstić information content (AvgIpc) is 2.19. The highest BCUT2D eigenvalue weighted by atomic mass is 13.9. The normalized spacial score (nSPS) is 8.85. The van der Waals surface area contributed by atoms with E-state index in [0.29, 0.717) is 0 Å². The van der Waals surface area contributed by atoms with Crippen LogP contribution in [0.2, 0.25) is 0 Å². The van der Waals surface area contributed by atoms with E-state index in [-0.39, 0.29) is 0 Å². The van der Waals surface area contributed by atoms with Gasteiger partial charge in [-0.15, -0.1) is 6.42 Å². The van der Waals surface area contributed by atoms with Crippen molar-refractivity contribution in [3.63, 3.8) is 0 Å². The summed E-state index contributed by atoms with van der Waals surface area (Å²) in [5, 5.41) is 0. The number of hydrogen-bond donors (Lipinski definition) is 0. The predicted molar refractivity (Wildman–Crippen MR) is 55.9 cm³/mol. The number of benzene rings is 1. The standard InChI is InChI=1S/C13H10/c1-2-3-4-5-7-10-13-11-8-6-9-12-13/h1,5-9,11-12H,10H2/b7-5+. The molecule has 0 aliphatic heterocycles. The van der Waals surface area contributed by atoms with Crippen molar-refractivity contribution in [3.05, 3.63) is 48.0 Å². The third-order valence-electron chi connectivity index (χ3n) is 1.54. The van der Waals surface area contributed by atoms with Crippen LogP contribution in [0.15, 0.2) is 42.5 Å². The zero-order chi connectivity index (χ0) is 9.36. The van der Waals surface area contributed by atoms with Gasteiger partial charge in [-0.2, -0.15) is 0 Å². The first-order chi connectivity index (χ1) is 6.43. The SMILES string of the molecule is C#CC#C/C=C/Cc1ccccc1. The molecule has 1 aromatic carbocycles. The maximum absolute atomic E-state index is 4.96. The van der Waals surface area contributed by atoms with Crippen LogP contribution < -0.4 is 0 Å². The molecule has 0 fully saturated rings. The van der Waals surface area contributed by atoms with Crippen LogP contribution in [0, 0.1) is 24.2 Å². The number of allylic oxidation sites excluding steroid dienone is 2. The molecule has 0 unspecified atom stereocenters. The minimum absolute atomic E-state index is 0.903. The van der Waals surface area contributed by atoms with Gasteiger partial charge in [-0.3, -0.25) is 0 Å². The molecule has 0 aromatic heterocycles. The molecule has 0 heteroatoms. The highest BCUT2D eigenvalue weighted by molar-refractivity contribution is 5.29. The summed E-state index contributed by atoms with van der Waals surface area (Å²) in [4.78, 5) is 0. The lowest BCUT2D eigenvalue weighted by molar-refractivity contribution is 1.27. The Morgan fingerprint density at radius 3 is 2.69 bits per heavy atom. The maximum Gasteiger partial charge on any atom is -0.00880 e. The van der Waals surface area contributed by atoms with E-state index in [2.05, 4.69) is 29.9 Å². The third kappa shape index (κ3) is 3.85. The Morgan fingerprint density at radius 1 is 1.23 bits per heavy atom. The molecule has 0 heterocycles. The van der Waals surface area contributed by atoms with Crippen molar-refractivity contribution in [1.29, 1.82) is 0 Å². The molecular weight excluding hydrogens is 156 g/mol. The van der Waals surface area contributed by atoms with E-state index in [4.69, 9.17) is 6.42 Å². The molecule has 0 amide bonds. The first-order valence-corrected chi connectivity index (χ1v) is 4.08. The summed E-state index contributed by atoms with van der Waals surface area (Å²) in [7, 11) is 0. The zero-order valence-electron chi connectivity index (χ0n) is 7.33. The van der Waals surface area contributed by atoms with Gasteiger partial charge < -0.3 is 0 Å². The maximum atomic E-state index is 4.96. The van der Waals surface area contributed by atoms with Crippen molar-refractivity contribution in [2.24, 2.45) is 0 Å². The van der Waals surface area contributed by atoms with Crippen LogP contribution in [0.1, 0.15) is 5.56 Å². The van der Waals surface area contributed by atoms with Crippen LogP contribution >= 0.6 is 0 Å². The minimum Gasteiger partial charge on any atom is -0.106 e. The molecule has 1 rings (SSSR count). The fourth-order valence-corrected chi connectivity index (χ4v) is 0.951. The van der Waals surface area contributed by atoms with E-state index in [0.717, 1.165) is 6.42 Å². The van der Waals surface area contributed by atoms with Crippen LogP contribution in [0.4, 0.5) is 0 Å². The second kappa shape index (κ2) is 5.70. The van der Waals surface area contributed by atoms with Gasteiger partial charge in [0.15, 0.2) is 0 Å². The lowest BCUT2D eigenvalue weighted by Gasteiger charge is -1.91. The molecule has 0 aliphatic carbocycles. The number of terminal acetylenes is 1. The molecule has 0 N–H and O–H groups in total. The summed E-state index contributed by atoms with van der Waals surface area (Å²) >= 11 is 0. The largest absolute Gasteiger partial charge is 0.106 e. The van der Waals surface area contributed by atoms with Crippen molar-refractivity contribution < 1.29 is 0 Å². The first-order valence-electron chi connectivity index (χ1n) is 4.08. The second-order valence-corrected chi connectivity index (χ2v) is 2.51. The zero-order valence-corrected chi connectivity index (χ0v) is 7.33. The Hall–Kier alpha value is -1.92. The van der Waals surface area contributed by atoms with Gasteiger partial charge in [-0.1, -0.05) is 42.3 Å². The molecule has 0 spiro atoms. The van der Waals surface area contributed by atoms with Gasteiger partial charge in [0.2, 0.25) is 0 Å². The molecule has 0 aliphatic rings. The Kier molecular flexibility index (Phi) is 4.02. The Morgan fingerprint density at radius 2 is 2.00 bits per heavy atom. The molecule has 0 saturated heterocycles. The van der Waals surface area contributed by atoms with Gasteiger partial charge in [0.25, 0.3) is 0 Å². The minimum atomic E-state index is 0.903. The van der Waals surface area contributed by atoms with E-state index in [9.17, 15) is 0 Å². The second-order valence-electron chi connectivity index (χ2n) is 2.51. The lowest BCUT2D eigenvalue weighted by atomic mass is 10.1. The molecule has 0 nitrogen and oxygen atoms in total. The Labute approximate surface area is 79.3 Å². The average molecular weight is 166 g/mol. The van der Waals surface area contributed by atoms with Gasteiger partial charge in [-0.25, -0.2) is 0 Å². The number of rotatable bonds is 2. The fraction of sp³-hybridized carbons (Fsp3) is 0.0769. The Balaban J connectivity index is 2.45. The van der Waals surface area contributed by atoms with E-state index >= 15 is 0 Å². The van der Waals surface area contributed by atoms with Crippen LogP contribution in [0.25, 0.3) is 0 Å². The molecule has 0 radical (unpaired) electrons. The van der Waals surface area contributed by atoms with Crippen molar-refractivity contribution in [2.75, 3.05) is 0 Å². The van der Waals surface area contributed by atoms with Gasteiger partial charge in [0, 0.05) is 0 Å². The van der Waals surface area contributed by atoms with E-state index in [1.54, 1.807) is 6.08 Å². The van der Waals surface area contributed by atoms with Gasteiger partial charge in [-0.05, 0) is 29.9 Å². The monoisotopic (exact) mass is 166 g/mol. The fourth-order valence-electron chi connectivity index (χ4n) is 0.951. The number of hydrogen-bond acceptors (Lipinski definition) is 0. The van der Waals surface area contributed by atoms with Crippen molar-refractivity contribution in [1.82, 2.24) is 0 Å². The quantitative estimate of drug-likeness (QED) is 0.592. The molecule has 13 heavy (non-hydrogen) atoms. The van der Waals surface area contributed by atoms with Crippen LogP contribution in [0.5, 0.6) is 0 Å². The van der Waals surface area contributed by atoms with E-state index in [1.807, 2.05) is 24.3 Å². The molecule has 0 saturated carbocycles. The van der Waals surface area contributed by atoms with Crippen molar-refractivity contribution in [3.8, 4) is 24.2 Å². The predicted octanol–water partition coefficient (Wildman–Crippen LogP) is 2.42. The van der Waals surface area contributed by atoms with Gasteiger partial charge in [0.05, 0.1) is 0 Å². The van der Waals surface area contributed by atoms with Crippen molar-refractivity contribution in [2.45, 2.75) is 6.42 Å².